The molecule has 0 fully saturated rings. The lowest BCUT2D eigenvalue weighted by Gasteiger charge is -2.03. The number of hydrogen-bond acceptors (Lipinski definition) is 3. The standard InChI is InChI=1S/C9H12FNO2/c10-4-1-5-13-9-3-2-8(7-12)11-6-9/h2-3,6,12H,1,4-5,7H2. The van der Waals surface area contributed by atoms with Gasteiger partial charge in [0, 0.05) is 6.42 Å². The van der Waals surface area contributed by atoms with Gasteiger partial charge in [0.2, 0.25) is 0 Å². The van der Waals surface area contributed by atoms with Crippen LogP contribution in [-0.2, 0) is 6.61 Å². The highest BCUT2D eigenvalue weighted by atomic mass is 19.1. The Hall–Kier alpha value is -1.16. The molecule has 1 heterocycles. The molecule has 72 valence electrons. The van der Waals surface area contributed by atoms with E-state index in [0.717, 1.165) is 0 Å². The van der Waals surface area contributed by atoms with Gasteiger partial charge in [0.15, 0.2) is 0 Å². The highest BCUT2D eigenvalue weighted by Crippen LogP contribution is 2.09. The third kappa shape index (κ3) is 3.38. The maximum Gasteiger partial charge on any atom is 0.137 e. The van der Waals surface area contributed by atoms with Gasteiger partial charge in [0.25, 0.3) is 0 Å². The second-order valence-electron chi connectivity index (χ2n) is 2.53. The first-order valence-electron chi connectivity index (χ1n) is 4.11. The number of aliphatic hydroxyl groups is 1. The first-order valence-corrected chi connectivity index (χ1v) is 4.11. The number of aromatic nitrogens is 1. The number of alkyl halides is 1. The summed E-state index contributed by atoms with van der Waals surface area (Å²) in [5.41, 5.74) is 0.595. The topological polar surface area (TPSA) is 42.4 Å². The summed E-state index contributed by atoms with van der Waals surface area (Å²) in [5, 5.41) is 8.69. The van der Waals surface area contributed by atoms with Gasteiger partial charge in [-0.25, -0.2) is 0 Å². The molecule has 1 aromatic heterocycles. The van der Waals surface area contributed by atoms with E-state index in [9.17, 15) is 4.39 Å². The molecule has 0 spiro atoms. The Morgan fingerprint density at radius 2 is 2.31 bits per heavy atom. The van der Waals surface area contributed by atoms with Gasteiger partial charge in [0.1, 0.15) is 5.75 Å². The largest absolute Gasteiger partial charge is 0.492 e. The number of ether oxygens (including phenoxy) is 1. The molecule has 0 saturated heterocycles. The fraction of sp³-hybridized carbons (Fsp3) is 0.444. The minimum Gasteiger partial charge on any atom is -0.492 e. The van der Waals surface area contributed by atoms with Crippen LogP contribution in [0.3, 0.4) is 0 Å². The van der Waals surface area contributed by atoms with E-state index in [4.69, 9.17) is 9.84 Å². The first kappa shape index (κ1) is 9.92. The zero-order chi connectivity index (χ0) is 9.52. The van der Waals surface area contributed by atoms with Crippen LogP contribution >= 0.6 is 0 Å². The summed E-state index contributed by atoms with van der Waals surface area (Å²) in [6.07, 6.45) is 1.91. The number of nitrogens with zero attached hydrogens (tertiary/aromatic N) is 1. The molecule has 0 bridgehead atoms. The Kier molecular flexibility index (Phi) is 4.18. The monoisotopic (exact) mass is 185 g/mol. The van der Waals surface area contributed by atoms with Crippen molar-refractivity contribution in [1.82, 2.24) is 4.98 Å². The maximum absolute atomic E-state index is 11.7. The Bertz CT molecular complexity index is 238. The molecule has 1 N–H and O–H groups in total. The molecular formula is C9H12FNO2. The van der Waals surface area contributed by atoms with Crippen molar-refractivity contribution in [2.45, 2.75) is 13.0 Å². The quantitative estimate of drug-likeness (QED) is 0.703. The van der Waals surface area contributed by atoms with Gasteiger partial charge < -0.3 is 9.84 Å². The normalized spacial score (nSPS) is 10.0. The van der Waals surface area contributed by atoms with Crippen LogP contribution < -0.4 is 4.74 Å². The van der Waals surface area contributed by atoms with Gasteiger partial charge in [-0.3, -0.25) is 9.37 Å². The summed E-state index contributed by atoms with van der Waals surface area (Å²) < 4.78 is 16.8. The summed E-state index contributed by atoms with van der Waals surface area (Å²) >= 11 is 0. The molecule has 0 aliphatic heterocycles. The minimum atomic E-state index is -0.373. The zero-order valence-corrected chi connectivity index (χ0v) is 7.24. The van der Waals surface area contributed by atoms with Gasteiger partial charge >= 0.3 is 0 Å². The molecule has 0 amide bonds. The number of pyridine rings is 1. The van der Waals surface area contributed by atoms with Gasteiger partial charge in [-0.2, -0.15) is 0 Å². The van der Waals surface area contributed by atoms with Crippen molar-refractivity contribution >= 4 is 0 Å². The van der Waals surface area contributed by atoms with E-state index in [1.807, 2.05) is 0 Å². The summed E-state index contributed by atoms with van der Waals surface area (Å²) in [4.78, 5) is 3.91. The van der Waals surface area contributed by atoms with Gasteiger partial charge in [0.05, 0.1) is 31.8 Å². The lowest BCUT2D eigenvalue weighted by molar-refractivity contribution is 0.274. The third-order valence-corrected chi connectivity index (χ3v) is 1.51. The van der Waals surface area contributed by atoms with Crippen molar-refractivity contribution in [3.63, 3.8) is 0 Å². The molecule has 13 heavy (non-hydrogen) atoms. The Balaban J connectivity index is 2.40. The third-order valence-electron chi connectivity index (χ3n) is 1.51. The lowest BCUT2D eigenvalue weighted by atomic mass is 10.3. The molecule has 1 aromatic rings. The smallest absolute Gasteiger partial charge is 0.137 e. The van der Waals surface area contributed by atoms with Crippen LogP contribution in [0.15, 0.2) is 18.3 Å². The van der Waals surface area contributed by atoms with E-state index in [-0.39, 0.29) is 13.3 Å². The number of halogens is 1. The molecule has 3 nitrogen and oxygen atoms in total. The van der Waals surface area contributed by atoms with Crippen LogP contribution in [0.4, 0.5) is 4.39 Å². The Morgan fingerprint density at radius 1 is 1.46 bits per heavy atom. The van der Waals surface area contributed by atoms with Crippen LogP contribution in [0.2, 0.25) is 0 Å². The second-order valence-corrected chi connectivity index (χ2v) is 2.53. The Labute approximate surface area is 76.2 Å². The molecule has 0 saturated carbocycles. The average Bonchev–Trinajstić information content (AvgIpc) is 2.19. The van der Waals surface area contributed by atoms with E-state index >= 15 is 0 Å². The van der Waals surface area contributed by atoms with Crippen molar-refractivity contribution in [2.75, 3.05) is 13.3 Å². The molecular weight excluding hydrogens is 173 g/mol. The molecule has 4 heteroatoms. The molecule has 0 aliphatic rings. The van der Waals surface area contributed by atoms with Crippen molar-refractivity contribution in [3.8, 4) is 5.75 Å². The molecule has 0 radical (unpaired) electrons. The Morgan fingerprint density at radius 3 is 2.85 bits per heavy atom. The van der Waals surface area contributed by atoms with Crippen LogP contribution in [0.25, 0.3) is 0 Å². The van der Waals surface area contributed by atoms with Crippen molar-refractivity contribution in [3.05, 3.63) is 24.0 Å². The predicted octanol–water partition coefficient (Wildman–Crippen LogP) is 1.31. The van der Waals surface area contributed by atoms with E-state index in [1.165, 1.54) is 6.20 Å². The molecule has 0 aliphatic carbocycles. The minimum absolute atomic E-state index is 0.0786. The maximum atomic E-state index is 11.7. The zero-order valence-electron chi connectivity index (χ0n) is 7.24. The van der Waals surface area contributed by atoms with Crippen LogP contribution in [0.5, 0.6) is 5.75 Å². The second kappa shape index (κ2) is 5.48. The van der Waals surface area contributed by atoms with Crippen LogP contribution in [-0.4, -0.2) is 23.4 Å². The lowest BCUT2D eigenvalue weighted by Crippen LogP contribution is -1.99. The molecule has 1 rings (SSSR count). The average molecular weight is 185 g/mol. The first-order chi connectivity index (χ1) is 6.36. The fourth-order valence-corrected chi connectivity index (χ4v) is 0.834. The summed E-state index contributed by atoms with van der Waals surface area (Å²) in [7, 11) is 0. The van der Waals surface area contributed by atoms with E-state index in [2.05, 4.69) is 4.98 Å². The highest BCUT2D eigenvalue weighted by Gasteiger charge is 1.95. The van der Waals surface area contributed by atoms with Gasteiger partial charge in [-0.05, 0) is 12.1 Å². The van der Waals surface area contributed by atoms with Gasteiger partial charge in [-0.15, -0.1) is 0 Å². The number of aliphatic hydroxyl groups excluding tert-OH is 1. The van der Waals surface area contributed by atoms with E-state index < -0.39 is 0 Å². The number of hydrogen-bond donors (Lipinski definition) is 1. The molecule has 0 atom stereocenters. The molecule has 0 aromatic carbocycles. The molecule has 0 unspecified atom stereocenters. The summed E-state index contributed by atoms with van der Waals surface area (Å²) in [6.45, 7) is -0.0937. The highest BCUT2D eigenvalue weighted by molar-refractivity contribution is 5.19. The fourth-order valence-electron chi connectivity index (χ4n) is 0.834. The van der Waals surface area contributed by atoms with Crippen LogP contribution in [0, 0.1) is 0 Å². The summed E-state index contributed by atoms with van der Waals surface area (Å²) in [5.74, 6) is 0.602. The van der Waals surface area contributed by atoms with Crippen LogP contribution in [0.1, 0.15) is 12.1 Å². The van der Waals surface area contributed by atoms with Crippen molar-refractivity contribution in [2.24, 2.45) is 0 Å². The number of rotatable bonds is 5. The predicted molar refractivity (Wildman–Crippen MR) is 46.2 cm³/mol. The van der Waals surface area contributed by atoms with E-state index in [1.54, 1.807) is 12.1 Å². The van der Waals surface area contributed by atoms with E-state index in [0.29, 0.717) is 24.5 Å². The van der Waals surface area contributed by atoms with Crippen molar-refractivity contribution < 1.29 is 14.2 Å². The van der Waals surface area contributed by atoms with Gasteiger partial charge in [-0.1, -0.05) is 0 Å². The van der Waals surface area contributed by atoms with Crippen molar-refractivity contribution in [1.29, 1.82) is 0 Å². The summed E-state index contributed by atoms with van der Waals surface area (Å²) in [6, 6.07) is 3.38. The SMILES string of the molecule is OCc1ccc(OCCCF)cn1.